The molecule has 0 radical (unpaired) electrons. The minimum Gasteiger partial charge on any atom is -0.462 e. The van der Waals surface area contributed by atoms with Crippen LogP contribution in [0.15, 0.2) is 17.0 Å². The lowest BCUT2D eigenvalue weighted by atomic mass is 10.2. The average Bonchev–Trinajstić information content (AvgIpc) is 2.36. The SMILES string of the molecule is CCCCCOC(=O)c1cc(S(N)(=O)=O)cc(F)c1Cl. The number of carbonyl (C=O) groups excluding carboxylic acids is 1. The van der Waals surface area contributed by atoms with Crippen LogP contribution in [-0.2, 0) is 14.8 Å². The van der Waals surface area contributed by atoms with Crippen LogP contribution in [-0.4, -0.2) is 21.0 Å². The van der Waals surface area contributed by atoms with Crippen molar-refractivity contribution in [2.24, 2.45) is 5.14 Å². The van der Waals surface area contributed by atoms with Gasteiger partial charge in [0.15, 0.2) is 0 Å². The Bertz CT molecular complexity index is 604. The van der Waals surface area contributed by atoms with E-state index in [1.807, 2.05) is 6.92 Å². The van der Waals surface area contributed by atoms with Crippen molar-refractivity contribution in [3.63, 3.8) is 0 Å². The average molecular weight is 324 g/mol. The van der Waals surface area contributed by atoms with Gasteiger partial charge >= 0.3 is 5.97 Å². The zero-order valence-corrected chi connectivity index (χ0v) is 12.4. The van der Waals surface area contributed by atoms with E-state index in [4.69, 9.17) is 21.5 Å². The smallest absolute Gasteiger partial charge is 0.339 e. The second kappa shape index (κ2) is 7.01. The summed E-state index contributed by atoms with van der Waals surface area (Å²) in [5, 5.41) is 4.41. The Labute approximate surface area is 121 Å². The van der Waals surface area contributed by atoms with Crippen LogP contribution >= 0.6 is 11.6 Å². The highest BCUT2D eigenvalue weighted by Crippen LogP contribution is 2.24. The standard InChI is InChI=1S/C12H15ClFNO4S/c1-2-3-4-5-19-12(16)9-6-8(20(15,17)18)7-10(14)11(9)13/h6-7H,2-5H2,1H3,(H2,15,17,18). The van der Waals surface area contributed by atoms with Gasteiger partial charge < -0.3 is 4.74 Å². The largest absolute Gasteiger partial charge is 0.462 e. The summed E-state index contributed by atoms with van der Waals surface area (Å²) >= 11 is 5.64. The van der Waals surface area contributed by atoms with E-state index in [2.05, 4.69) is 0 Å². The maximum Gasteiger partial charge on any atom is 0.339 e. The Balaban J connectivity index is 2.99. The molecule has 0 aliphatic heterocycles. The first kappa shape index (κ1) is 16.9. The van der Waals surface area contributed by atoms with E-state index in [1.54, 1.807) is 0 Å². The Morgan fingerprint density at radius 3 is 2.60 bits per heavy atom. The van der Waals surface area contributed by atoms with Crippen LogP contribution in [0.5, 0.6) is 0 Å². The highest BCUT2D eigenvalue weighted by atomic mass is 35.5. The lowest BCUT2D eigenvalue weighted by Gasteiger charge is -2.08. The molecule has 0 aliphatic rings. The number of ether oxygens (including phenoxy) is 1. The fourth-order valence-electron chi connectivity index (χ4n) is 1.47. The summed E-state index contributed by atoms with van der Waals surface area (Å²) in [6, 6.07) is 1.56. The van der Waals surface area contributed by atoms with E-state index in [-0.39, 0.29) is 12.2 Å². The Morgan fingerprint density at radius 1 is 1.40 bits per heavy atom. The first-order chi connectivity index (χ1) is 9.27. The normalized spacial score (nSPS) is 11.4. The molecular formula is C12H15ClFNO4S. The highest BCUT2D eigenvalue weighted by molar-refractivity contribution is 7.89. The van der Waals surface area contributed by atoms with E-state index in [1.165, 1.54) is 0 Å². The maximum atomic E-state index is 13.5. The molecule has 20 heavy (non-hydrogen) atoms. The number of benzene rings is 1. The quantitative estimate of drug-likeness (QED) is 0.643. The highest BCUT2D eigenvalue weighted by Gasteiger charge is 2.20. The van der Waals surface area contributed by atoms with Crippen molar-refractivity contribution in [3.8, 4) is 0 Å². The molecule has 0 atom stereocenters. The summed E-state index contributed by atoms with van der Waals surface area (Å²) in [6.45, 7) is 2.15. The molecule has 1 rings (SSSR count). The van der Waals surface area contributed by atoms with Gasteiger partial charge in [-0.3, -0.25) is 0 Å². The molecule has 0 heterocycles. The minimum absolute atomic E-state index is 0.157. The third-order valence-electron chi connectivity index (χ3n) is 2.53. The van der Waals surface area contributed by atoms with Gasteiger partial charge in [-0.2, -0.15) is 0 Å². The summed E-state index contributed by atoms with van der Waals surface area (Å²) in [4.78, 5) is 11.2. The summed E-state index contributed by atoms with van der Waals surface area (Å²) in [6.07, 6.45) is 2.50. The van der Waals surface area contributed by atoms with Crippen molar-refractivity contribution >= 4 is 27.6 Å². The van der Waals surface area contributed by atoms with Crippen LogP contribution in [0.3, 0.4) is 0 Å². The Morgan fingerprint density at radius 2 is 2.05 bits per heavy atom. The van der Waals surface area contributed by atoms with Gasteiger partial charge in [-0.1, -0.05) is 31.4 Å². The van der Waals surface area contributed by atoms with Crippen molar-refractivity contribution in [1.82, 2.24) is 0 Å². The number of nitrogens with two attached hydrogens (primary N) is 1. The number of primary sulfonamides is 1. The van der Waals surface area contributed by atoms with E-state index in [0.717, 1.165) is 18.9 Å². The molecule has 1 aromatic rings. The molecule has 0 unspecified atom stereocenters. The number of halogens is 2. The van der Waals surface area contributed by atoms with Gasteiger partial charge in [0.2, 0.25) is 10.0 Å². The van der Waals surface area contributed by atoms with Crippen LogP contribution < -0.4 is 5.14 Å². The summed E-state index contributed by atoms with van der Waals surface area (Å²) in [5.41, 5.74) is -0.354. The molecule has 0 aromatic heterocycles. The molecule has 112 valence electrons. The molecule has 0 spiro atoms. The second-order valence-corrected chi connectivity index (χ2v) is 6.09. The Kier molecular flexibility index (Phi) is 5.91. The monoisotopic (exact) mass is 323 g/mol. The fourth-order valence-corrected chi connectivity index (χ4v) is 2.21. The summed E-state index contributed by atoms with van der Waals surface area (Å²) in [5.74, 6) is -1.92. The van der Waals surface area contributed by atoms with E-state index >= 15 is 0 Å². The van der Waals surface area contributed by atoms with Gasteiger partial charge in [0.25, 0.3) is 0 Å². The van der Waals surface area contributed by atoms with Crippen molar-refractivity contribution in [2.45, 2.75) is 31.1 Å². The zero-order valence-electron chi connectivity index (χ0n) is 10.9. The van der Waals surface area contributed by atoms with Gasteiger partial charge in [0, 0.05) is 0 Å². The zero-order chi connectivity index (χ0) is 15.3. The van der Waals surface area contributed by atoms with Crippen LogP contribution in [0.1, 0.15) is 36.5 Å². The number of unbranched alkanes of at least 4 members (excludes halogenated alkanes) is 2. The van der Waals surface area contributed by atoms with Crippen molar-refractivity contribution in [1.29, 1.82) is 0 Å². The van der Waals surface area contributed by atoms with E-state index in [0.29, 0.717) is 12.5 Å². The first-order valence-corrected chi connectivity index (χ1v) is 7.88. The number of esters is 1. The van der Waals surface area contributed by atoms with Gasteiger partial charge in [-0.25, -0.2) is 22.7 Å². The van der Waals surface area contributed by atoms with Crippen LogP contribution in [0, 0.1) is 5.82 Å². The molecule has 8 heteroatoms. The molecule has 2 N–H and O–H groups in total. The van der Waals surface area contributed by atoms with Crippen LogP contribution in [0.4, 0.5) is 4.39 Å². The summed E-state index contributed by atoms with van der Waals surface area (Å²) in [7, 11) is -4.13. The first-order valence-electron chi connectivity index (χ1n) is 5.96. The van der Waals surface area contributed by atoms with Crippen molar-refractivity contribution < 1.29 is 22.3 Å². The van der Waals surface area contributed by atoms with Gasteiger partial charge in [-0.05, 0) is 18.6 Å². The van der Waals surface area contributed by atoms with Crippen molar-refractivity contribution in [2.75, 3.05) is 6.61 Å². The predicted octanol–water partition coefficient (Wildman–Crippen LogP) is 2.47. The molecule has 0 saturated heterocycles. The maximum absolute atomic E-state index is 13.5. The molecule has 0 aliphatic carbocycles. The molecule has 0 saturated carbocycles. The molecule has 0 bridgehead atoms. The van der Waals surface area contributed by atoms with Gasteiger partial charge in [0.1, 0.15) is 5.82 Å². The number of carbonyl (C=O) groups is 1. The van der Waals surface area contributed by atoms with E-state index < -0.39 is 31.7 Å². The van der Waals surface area contributed by atoms with Gasteiger partial charge in [0.05, 0.1) is 22.1 Å². The van der Waals surface area contributed by atoms with Crippen molar-refractivity contribution in [3.05, 3.63) is 28.5 Å². The topological polar surface area (TPSA) is 86.5 Å². The third kappa shape index (κ3) is 4.43. The molecule has 0 amide bonds. The number of rotatable bonds is 6. The minimum atomic E-state index is -4.13. The number of sulfonamides is 1. The lowest BCUT2D eigenvalue weighted by molar-refractivity contribution is 0.0497. The molecule has 0 fully saturated rings. The number of hydrogen-bond acceptors (Lipinski definition) is 4. The van der Waals surface area contributed by atoms with E-state index in [9.17, 15) is 17.6 Å². The fraction of sp³-hybridized carbons (Fsp3) is 0.417. The second-order valence-electron chi connectivity index (χ2n) is 4.15. The molecule has 1 aromatic carbocycles. The predicted molar refractivity (Wildman–Crippen MR) is 72.6 cm³/mol. The third-order valence-corrected chi connectivity index (χ3v) is 3.81. The molecular weight excluding hydrogens is 309 g/mol. The lowest BCUT2D eigenvalue weighted by Crippen LogP contribution is -2.15. The van der Waals surface area contributed by atoms with Crippen LogP contribution in [0.2, 0.25) is 5.02 Å². The van der Waals surface area contributed by atoms with Crippen LogP contribution in [0.25, 0.3) is 0 Å². The Hall–Kier alpha value is -1.18. The van der Waals surface area contributed by atoms with Gasteiger partial charge in [-0.15, -0.1) is 0 Å². The summed E-state index contributed by atoms with van der Waals surface area (Å²) < 4.78 is 40.8. The number of hydrogen-bond donors (Lipinski definition) is 1. The molecule has 5 nitrogen and oxygen atoms in total.